The number of nitrogens with zero attached hydrogens (tertiary/aromatic N) is 4. The third-order valence-electron chi connectivity index (χ3n) is 6.21. The lowest BCUT2D eigenvalue weighted by Crippen LogP contribution is -2.39. The monoisotopic (exact) mass is 436 g/mol. The Labute approximate surface area is 182 Å². The normalized spacial score (nSPS) is 17.0. The third-order valence-corrected chi connectivity index (χ3v) is 8.02. The molecule has 0 N–H and O–H groups in total. The fourth-order valence-electron chi connectivity index (χ4n) is 4.51. The molecule has 7 nitrogen and oxygen atoms in total. The molecule has 2 aromatic carbocycles. The maximum Gasteiger partial charge on any atom is 0.264 e. The highest BCUT2D eigenvalue weighted by atomic mass is 32.2. The van der Waals surface area contributed by atoms with Gasteiger partial charge in [0.1, 0.15) is 0 Å². The first-order valence-corrected chi connectivity index (χ1v) is 12.0. The second kappa shape index (κ2) is 7.85. The minimum absolute atomic E-state index is 0.122. The summed E-state index contributed by atoms with van der Waals surface area (Å²) >= 11 is 0. The number of rotatable bonds is 4. The van der Waals surface area contributed by atoms with Crippen molar-refractivity contribution >= 4 is 21.6 Å². The lowest BCUT2D eigenvalue weighted by atomic mass is 10.0. The molecule has 2 aliphatic rings. The summed E-state index contributed by atoms with van der Waals surface area (Å²) in [4.78, 5) is 19.2. The average Bonchev–Trinajstić information content (AvgIpc) is 3.49. The Morgan fingerprint density at radius 2 is 1.81 bits per heavy atom. The zero-order chi connectivity index (χ0) is 21.4. The molecule has 1 fully saturated rings. The van der Waals surface area contributed by atoms with Crippen LogP contribution in [0.3, 0.4) is 0 Å². The summed E-state index contributed by atoms with van der Waals surface area (Å²) in [6.45, 7) is 1.69. The van der Waals surface area contributed by atoms with E-state index >= 15 is 0 Å². The molecule has 0 atom stereocenters. The molecule has 0 spiro atoms. The Morgan fingerprint density at radius 1 is 1.00 bits per heavy atom. The minimum Gasteiger partial charge on any atom is -0.338 e. The summed E-state index contributed by atoms with van der Waals surface area (Å²) in [5, 5.41) is 0. The highest BCUT2D eigenvalue weighted by molar-refractivity contribution is 7.92. The number of likely N-dealkylation sites (tertiary alicyclic amines) is 1. The molecule has 0 bridgehead atoms. The van der Waals surface area contributed by atoms with Crippen molar-refractivity contribution in [1.82, 2.24) is 14.5 Å². The molecule has 5 rings (SSSR count). The van der Waals surface area contributed by atoms with Gasteiger partial charge in [0.2, 0.25) is 0 Å². The number of carbonyl (C=O) groups excluding carboxylic acids is 1. The van der Waals surface area contributed by atoms with E-state index in [0.29, 0.717) is 37.7 Å². The fraction of sp³-hybridized carbons (Fsp3) is 0.304. The standard InChI is InChI=1S/C23H24N4O3S/c28-23(25-12-9-20(10-13-25)26-15-11-24-17-26)19-5-3-6-21(16-19)31(29,30)27-14-8-18-4-1-2-7-22(18)27/h1-7,11,15-17,20H,8-10,12-14H2. The zero-order valence-electron chi connectivity index (χ0n) is 17.1. The van der Waals surface area contributed by atoms with E-state index in [1.165, 1.54) is 10.4 Å². The number of sulfonamides is 1. The fourth-order valence-corrected chi connectivity index (χ4v) is 6.06. The Hall–Kier alpha value is -3.13. The maximum absolute atomic E-state index is 13.3. The minimum atomic E-state index is -3.72. The van der Waals surface area contributed by atoms with Crippen LogP contribution in [0.4, 0.5) is 5.69 Å². The van der Waals surface area contributed by atoms with Gasteiger partial charge in [-0.2, -0.15) is 0 Å². The molecule has 160 valence electrons. The SMILES string of the molecule is O=C(c1cccc(S(=O)(=O)N2CCc3ccccc32)c1)N1CCC(n2ccnc2)CC1. The molecule has 0 saturated carbocycles. The highest BCUT2D eigenvalue weighted by Crippen LogP contribution is 2.33. The van der Waals surface area contributed by atoms with Gasteiger partial charge in [0, 0.05) is 43.6 Å². The Bertz CT molecular complexity index is 1200. The first-order valence-electron chi connectivity index (χ1n) is 10.5. The number of anilines is 1. The molecule has 1 aromatic heterocycles. The Kier molecular flexibility index (Phi) is 5.02. The number of piperidine rings is 1. The smallest absolute Gasteiger partial charge is 0.264 e. The lowest BCUT2D eigenvalue weighted by Gasteiger charge is -2.32. The summed E-state index contributed by atoms with van der Waals surface area (Å²) in [5.41, 5.74) is 2.16. The molecule has 0 radical (unpaired) electrons. The number of benzene rings is 2. The largest absolute Gasteiger partial charge is 0.338 e. The topological polar surface area (TPSA) is 75.5 Å². The summed E-state index contributed by atoms with van der Waals surface area (Å²) in [7, 11) is -3.72. The number of hydrogen-bond donors (Lipinski definition) is 0. The van der Waals surface area contributed by atoms with Crippen LogP contribution in [0.15, 0.2) is 72.1 Å². The van der Waals surface area contributed by atoms with Gasteiger partial charge in [0.05, 0.1) is 16.9 Å². The van der Waals surface area contributed by atoms with Gasteiger partial charge in [0.15, 0.2) is 0 Å². The van der Waals surface area contributed by atoms with Crippen molar-refractivity contribution in [2.24, 2.45) is 0 Å². The van der Waals surface area contributed by atoms with E-state index in [2.05, 4.69) is 9.55 Å². The summed E-state index contributed by atoms with van der Waals surface area (Å²) in [6, 6.07) is 14.3. The van der Waals surface area contributed by atoms with Crippen LogP contribution >= 0.6 is 0 Å². The second-order valence-corrected chi connectivity index (χ2v) is 9.88. The summed E-state index contributed by atoms with van der Waals surface area (Å²) in [5.74, 6) is -0.122. The molecular formula is C23H24N4O3S. The van der Waals surface area contributed by atoms with E-state index < -0.39 is 10.0 Å². The first-order chi connectivity index (χ1) is 15.0. The van der Waals surface area contributed by atoms with Crippen LogP contribution in [-0.4, -0.2) is 48.4 Å². The Balaban J connectivity index is 1.34. The van der Waals surface area contributed by atoms with Crippen molar-refractivity contribution in [3.05, 3.63) is 78.4 Å². The average molecular weight is 437 g/mol. The van der Waals surface area contributed by atoms with E-state index in [1.54, 1.807) is 24.4 Å². The molecule has 1 amide bonds. The van der Waals surface area contributed by atoms with Crippen molar-refractivity contribution in [1.29, 1.82) is 0 Å². The number of para-hydroxylation sites is 1. The van der Waals surface area contributed by atoms with Gasteiger partial charge in [-0.1, -0.05) is 24.3 Å². The number of carbonyl (C=O) groups is 1. The van der Waals surface area contributed by atoms with Crippen LogP contribution in [-0.2, 0) is 16.4 Å². The predicted molar refractivity (Wildman–Crippen MR) is 118 cm³/mol. The lowest BCUT2D eigenvalue weighted by molar-refractivity contribution is 0.0694. The van der Waals surface area contributed by atoms with Gasteiger partial charge in [-0.25, -0.2) is 13.4 Å². The van der Waals surface area contributed by atoms with Gasteiger partial charge >= 0.3 is 0 Å². The highest BCUT2D eigenvalue weighted by Gasteiger charge is 2.31. The van der Waals surface area contributed by atoms with Crippen molar-refractivity contribution < 1.29 is 13.2 Å². The summed E-state index contributed by atoms with van der Waals surface area (Å²) < 4.78 is 30.2. The van der Waals surface area contributed by atoms with Crippen molar-refractivity contribution in [3.8, 4) is 0 Å². The van der Waals surface area contributed by atoms with Crippen molar-refractivity contribution in [2.45, 2.75) is 30.2 Å². The van der Waals surface area contributed by atoms with E-state index in [-0.39, 0.29) is 10.8 Å². The molecule has 3 heterocycles. The quantitative estimate of drug-likeness (QED) is 0.630. The van der Waals surface area contributed by atoms with Crippen molar-refractivity contribution in [2.75, 3.05) is 23.9 Å². The van der Waals surface area contributed by atoms with Crippen LogP contribution in [0.1, 0.15) is 34.8 Å². The molecule has 1 saturated heterocycles. The van der Waals surface area contributed by atoms with Gasteiger partial charge in [-0.15, -0.1) is 0 Å². The number of imidazole rings is 1. The molecule has 2 aliphatic heterocycles. The van der Waals surface area contributed by atoms with Gasteiger partial charge in [0.25, 0.3) is 15.9 Å². The van der Waals surface area contributed by atoms with E-state index in [9.17, 15) is 13.2 Å². The van der Waals surface area contributed by atoms with Gasteiger partial charge < -0.3 is 9.47 Å². The van der Waals surface area contributed by atoms with Crippen LogP contribution in [0.25, 0.3) is 0 Å². The number of aromatic nitrogens is 2. The van der Waals surface area contributed by atoms with Crippen LogP contribution in [0.5, 0.6) is 0 Å². The molecule has 0 unspecified atom stereocenters. The molecule has 0 aliphatic carbocycles. The van der Waals surface area contributed by atoms with Gasteiger partial charge in [-0.05, 0) is 49.1 Å². The van der Waals surface area contributed by atoms with E-state index in [1.807, 2.05) is 41.7 Å². The van der Waals surface area contributed by atoms with Crippen LogP contribution in [0, 0.1) is 0 Å². The third kappa shape index (κ3) is 3.61. The first kappa shape index (κ1) is 19.8. The van der Waals surface area contributed by atoms with E-state index in [4.69, 9.17) is 0 Å². The molecule has 3 aromatic rings. The number of hydrogen-bond acceptors (Lipinski definition) is 4. The molecular weight excluding hydrogens is 412 g/mol. The number of fused-ring (bicyclic) bond motifs is 1. The van der Waals surface area contributed by atoms with E-state index in [0.717, 1.165) is 24.1 Å². The summed E-state index contributed by atoms with van der Waals surface area (Å²) in [6.07, 6.45) is 7.93. The van der Waals surface area contributed by atoms with Crippen LogP contribution in [0.2, 0.25) is 0 Å². The maximum atomic E-state index is 13.3. The molecule has 31 heavy (non-hydrogen) atoms. The molecule has 8 heteroatoms. The predicted octanol–water partition coefficient (Wildman–Crippen LogP) is 3.11. The van der Waals surface area contributed by atoms with Crippen LogP contribution < -0.4 is 4.31 Å². The Morgan fingerprint density at radius 3 is 2.58 bits per heavy atom. The van der Waals surface area contributed by atoms with Gasteiger partial charge in [-0.3, -0.25) is 9.10 Å². The zero-order valence-corrected chi connectivity index (χ0v) is 17.9. The van der Waals surface area contributed by atoms with Crippen molar-refractivity contribution in [3.63, 3.8) is 0 Å². The second-order valence-electron chi connectivity index (χ2n) is 8.02. The number of amides is 1.